The number of hydrogen-bond acceptors (Lipinski definition) is 3. The largest absolute Gasteiger partial charge is 0.354 e. The number of nitrogens with one attached hydrogen (secondary N) is 1. The van der Waals surface area contributed by atoms with Crippen LogP contribution in [0.2, 0.25) is 0 Å². The molecule has 3 nitrogen and oxygen atoms in total. The maximum atomic E-state index is 5.12. The lowest BCUT2D eigenvalue weighted by molar-refractivity contribution is 0.891. The predicted octanol–water partition coefficient (Wildman–Crippen LogP) is 1.61. The molecule has 0 atom stereocenters. The smallest absolute Gasteiger partial charge is 0.222 e. The average molecular weight is 175 g/mol. The van der Waals surface area contributed by atoms with E-state index < -0.39 is 0 Å². The first-order valence-corrected chi connectivity index (χ1v) is 4.29. The maximum absolute atomic E-state index is 5.12. The highest BCUT2D eigenvalue weighted by Crippen LogP contribution is 1.98. The van der Waals surface area contributed by atoms with Crippen molar-refractivity contribution in [2.24, 2.45) is 0 Å². The molecule has 0 aliphatic carbocycles. The average Bonchev–Trinajstić information content (AvgIpc) is 2.15. The quantitative estimate of drug-likeness (QED) is 0.558. The number of aryl methyl sites for hydroxylation is 1. The van der Waals surface area contributed by atoms with E-state index in [1.807, 2.05) is 6.92 Å². The van der Waals surface area contributed by atoms with Crippen molar-refractivity contribution in [3.05, 3.63) is 18.0 Å². The number of nitrogens with zero attached hydrogens (tertiary/aromatic N) is 2. The third kappa shape index (κ3) is 3.57. The van der Waals surface area contributed by atoms with Gasteiger partial charge in [0.2, 0.25) is 5.95 Å². The lowest BCUT2D eigenvalue weighted by Crippen LogP contribution is -2.04. The minimum absolute atomic E-state index is 0.669. The number of terminal acetylenes is 1. The van der Waals surface area contributed by atoms with Crippen molar-refractivity contribution in [3.8, 4) is 12.3 Å². The van der Waals surface area contributed by atoms with Crippen molar-refractivity contribution in [1.82, 2.24) is 9.97 Å². The van der Waals surface area contributed by atoms with Crippen LogP contribution in [0.3, 0.4) is 0 Å². The molecule has 1 rings (SSSR count). The molecule has 0 amide bonds. The standard InChI is InChI=1S/C10H13N3/c1-3-4-5-6-11-10-12-7-9(2)8-13-10/h1,7-8H,4-6H2,2H3,(H,11,12,13). The normalized spacial score (nSPS) is 9.23. The highest BCUT2D eigenvalue weighted by atomic mass is 15.1. The van der Waals surface area contributed by atoms with Gasteiger partial charge in [-0.1, -0.05) is 0 Å². The van der Waals surface area contributed by atoms with Crippen LogP contribution >= 0.6 is 0 Å². The number of anilines is 1. The zero-order valence-corrected chi connectivity index (χ0v) is 7.75. The molecule has 0 unspecified atom stereocenters. The van der Waals surface area contributed by atoms with Gasteiger partial charge in [-0.15, -0.1) is 12.3 Å². The van der Waals surface area contributed by atoms with Gasteiger partial charge in [0.1, 0.15) is 0 Å². The van der Waals surface area contributed by atoms with Gasteiger partial charge in [0.15, 0.2) is 0 Å². The van der Waals surface area contributed by atoms with E-state index in [1.54, 1.807) is 12.4 Å². The molecule has 0 bridgehead atoms. The molecule has 1 aromatic heterocycles. The van der Waals surface area contributed by atoms with Crippen molar-refractivity contribution in [2.45, 2.75) is 19.8 Å². The van der Waals surface area contributed by atoms with Crippen LogP contribution in [0, 0.1) is 19.3 Å². The predicted molar refractivity (Wildman–Crippen MR) is 53.3 cm³/mol. The summed E-state index contributed by atoms with van der Waals surface area (Å²) in [6.07, 6.45) is 10.4. The molecule has 13 heavy (non-hydrogen) atoms. The highest BCUT2D eigenvalue weighted by Gasteiger charge is 1.92. The molecule has 0 aromatic carbocycles. The van der Waals surface area contributed by atoms with E-state index >= 15 is 0 Å². The first-order valence-electron chi connectivity index (χ1n) is 4.29. The monoisotopic (exact) mass is 175 g/mol. The lowest BCUT2D eigenvalue weighted by atomic mass is 10.3. The summed E-state index contributed by atoms with van der Waals surface area (Å²) < 4.78 is 0. The van der Waals surface area contributed by atoms with Gasteiger partial charge in [-0.2, -0.15) is 0 Å². The summed E-state index contributed by atoms with van der Waals surface area (Å²) in [5.41, 5.74) is 1.06. The fourth-order valence-corrected chi connectivity index (χ4v) is 0.875. The van der Waals surface area contributed by atoms with Crippen molar-refractivity contribution >= 4 is 5.95 Å². The van der Waals surface area contributed by atoms with Gasteiger partial charge in [-0.05, 0) is 18.9 Å². The van der Waals surface area contributed by atoms with Gasteiger partial charge >= 0.3 is 0 Å². The molecule has 1 N–H and O–H groups in total. The molecular formula is C10H13N3. The highest BCUT2D eigenvalue weighted by molar-refractivity contribution is 5.23. The van der Waals surface area contributed by atoms with Gasteiger partial charge in [0.25, 0.3) is 0 Å². The van der Waals surface area contributed by atoms with Crippen LogP contribution in [-0.2, 0) is 0 Å². The Kier molecular flexibility index (Phi) is 3.77. The molecule has 0 saturated carbocycles. The van der Waals surface area contributed by atoms with Crippen LogP contribution in [0.5, 0.6) is 0 Å². The van der Waals surface area contributed by atoms with Crippen molar-refractivity contribution < 1.29 is 0 Å². The second kappa shape index (κ2) is 5.15. The van der Waals surface area contributed by atoms with Gasteiger partial charge in [0.05, 0.1) is 0 Å². The fourth-order valence-electron chi connectivity index (χ4n) is 0.875. The minimum atomic E-state index is 0.669. The van der Waals surface area contributed by atoms with Crippen molar-refractivity contribution in [3.63, 3.8) is 0 Å². The van der Waals surface area contributed by atoms with Crippen LogP contribution in [0.25, 0.3) is 0 Å². The molecule has 0 aliphatic rings. The Labute approximate surface area is 78.6 Å². The van der Waals surface area contributed by atoms with E-state index in [9.17, 15) is 0 Å². The van der Waals surface area contributed by atoms with Crippen LogP contribution < -0.4 is 5.32 Å². The van der Waals surface area contributed by atoms with E-state index in [0.717, 1.165) is 24.9 Å². The van der Waals surface area contributed by atoms with E-state index in [1.165, 1.54) is 0 Å². The van der Waals surface area contributed by atoms with E-state index in [4.69, 9.17) is 6.42 Å². The van der Waals surface area contributed by atoms with Crippen LogP contribution in [0.4, 0.5) is 5.95 Å². The Morgan fingerprint density at radius 2 is 2.15 bits per heavy atom. The first-order chi connectivity index (χ1) is 6.33. The third-order valence-electron chi connectivity index (χ3n) is 1.56. The summed E-state index contributed by atoms with van der Waals surface area (Å²) in [5, 5.41) is 3.09. The summed E-state index contributed by atoms with van der Waals surface area (Å²) in [5.74, 6) is 3.25. The van der Waals surface area contributed by atoms with Gasteiger partial charge < -0.3 is 5.32 Å². The van der Waals surface area contributed by atoms with E-state index in [2.05, 4.69) is 21.2 Å². The molecule has 0 aliphatic heterocycles. The van der Waals surface area contributed by atoms with Gasteiger partial charge in [-0.25, -0.2) is 9.97 Å². The molecule has 0 fully saturated rings. The zero-order chi connectivity index (χ0) is 9.52. The van der Waals surface area contributed by atoms with Crippen LogP contribution in [0.15, 0.2) is 12.4 Å². The van der Waals surface area contributed by atoms with Gasteiger partial charge in [0, 0.05) is 25.4 Å². The molecule has 68 valence electrons. The van der Waals surface area contributed by atoms with Gasteiger partial charge in [-0.3, -0.25) is 0 Å². The topological polar surface area (TPSA) is 37.8 Å². The Balaban J connectivity index is 2.30. The van der Waals surface area contributed by atoms with Crippen LogP contribution in [-0.4, -0.2) is 16.5 Å². The molecule has 3 heteroatoms. The minimum Gasteiger partial charge on any atom is -0.354 e. The molecule has 1 heterocycles. The summed E-state index contributed by atoms with van der Waals surface area (Å²) in [4.78, 5) is 8.20. The molecular weight excluding hydrogens is 162 g/mol. The zero-order valence-electron chi connectivity index (χ0n) is 7.75. The molecule has 0 spiro atoms. The number of hydrogen-bond donors (Lipinski definition) is 1. The van der Waals surface area contributed by atoms with E-state index in [-0.39, 0.29) is 0 Å². The molecule has 1 aromatic rings. The second-order valence-corrected chi connectivity index (χ2v) is 2.82. The summed E-state index contributed by atoms with van der Waals surface area (Å²) >= 11 is 0. The summed E-state index contributed by atoms with van der Waals surface area (Å²) in [6, 6.07) is 0. The summed E-state index contributed by atoms with van der Waals surface area (Å²) in [6.45, 7) is 2.79. The van der Waals surface area contributed by atoms with E-state index in [0.29, 0.717) is 5.95 Å². The number of unbranched alkanes of at least 4 members (excludes halogenated alkanes) is 1. The molecule has 0 radical (unpaired) electrons. The fraction of sp³-hybridized carbons (Fsp3) is 0.400. The maximum Gasteiger partial charge on any atom is 0.222 e. The molecule has 0 saturated heterocycles. The first kappa shape index (κ1) is 9.53. The number of rotatable bonds is 4. The SMILES string of the molecule is C#CCCCNc1ncc(C)cn1. The Hall–Kier alpha value is -1.56. The second-order valence-electron chi connectivity index (χ2n) is 2.82. The Morgan fingerprint density at radius 3 is 2.77 bits per heavy atom. The lowest BCUT2D eigenvalue weighted by Gasteiger charge is -2.02. The Morgan fingerprint density at radius 1 is 1.46 bits per heavy atom. The van der Waals surface area contributed by atoms with Crippen LogP contribution in [0.1, 0.15) is 18.4 Å². The van der Waals surface area contributed by atoms with Crippen molar-refractivity contribution in [1.29, 1.82) is 0 Å². The Bertz CT molecular complexity index is 284. The third-order valence-corrected chi connectivity index (χ3v) is 1.56. The van der Waals surface area contributed by atoms with Crippen molar-refractivity contribution in [2.75, 3.05) is 11.9 Å². The summed E-state index contributed by atoms with van der Waals surface area (Å²) in [7, 11) is 0. The number of aromatic nitrogens is 2.